The molecule has 0 bridgehead atoms. The van der Waals surface area contributed by atoms with Crippen molar-refractivity contribution in [2.24, 2.45) is 0 Å². The minimum absolute atomic E-state index is 0.0946. The van der Waals surface area contributed by atoms with E-state index in [1.807, 2.05) is 49.6 Å². The van der Waals surface area contributed by atoms with E-state index in [0.717, 1.165) is 33.8 Å². The molecule has 4 aromatic rings. The third-order valence-corrected chi connectivity index (χ3v) is 6.29. The van der Waals surface area contributed by atoms with Crippen molar-refractivity contribution in [2.45, 2.75) is 33.2 Å². The first-order valence-electron chi connectivity index (χ1n) is 10.6. The number of hydrogen-bond donors (Lipinski definition) is 1. The number of thiazole rings is 1. The zero-order valence-electron chi connectivity index (χ0n) is 18.8. The number of amides is 1. The number of halogens is 1. The molecule has 0 saturated heterocycles. The van der Waals surface area contributed by atoms with Gasteiger partial charge in [-0.2, -0.15) is 5.10 Å². The van der Waals surface area contributed by atoms with Crippen molar-refractivity contribution in [3.63, 3.8) is 0 Å². The average Bonchev–Trinajstić information content (AvgIpc) is 3.37. The number of rotatable bonds is 8. The summed E-state index contributed by atoms with van der Waals surface area (Å²) in [6.45, 7) is 4.37. The number of nitrogens with one attached hydrogen (secondary N) is 1. The molecule has 0 unspecified atom stereocenters. The minimum atomic E-state index is -0.245. The minimum Gasteiger partial charge on any atom is -0.497 e. The first kappa shape index (κ1) is 22.7. The molecule has 1 amide bonds. The van der Waals surface area contributed by atoms with E-state index >= 15 is 0 Å². The van der Waals surface area contributed by atoms with E-state index < -0.39 is 0 Å². The summed E-state index contributed by atoms with van der Waals surface area (Å²) in [7, 11) is 1.62. The maximum atomic E-state index is 13.6. The number of hydrogen-bond acceptors (Lipinski definition) is 5. The van der Waals surface area contributed by atoms with E-state index in [0.29, 0.717) is 23.8 Å². The molecule has 4 rings (SSSR count). The van der Waals surface area contributed by atoms with E-state index in [2.05, 4.69) is 15.4 Å². The van der Waals surface area contributed by atoms with Crippen LogP contribution in [0.5, 0.6) is 5.75 Å². The lowest BCUT2D eigenvalue weighted by Crippen LogP contribution is -2.24. The lowest BCUT2D eigenvalue weighted by atomic mass is 10.0. The second kappa shape index (κ2) is 9.95. The second-order valence-corrected chi connectivity index (χ2v) is 8.63. The van der Waals surface area contributed by atoms with Gasteiger partial charge in [0.2, 0.25) is 11.0 Å². The molecular formula is C25H25FN4O2S. The molecule has 0 radical (unpaired) electrons. The Morgan fingerprint density at radius 1 is 1.15 bits per heavy atom. The normalized spacial score (nSPS) is 10.9. The van der Waals surface area contributed by atoms with Crippen molar-refractivity contribution in [3.05, 3.63) is 93.5 Å². The summed E-state index contributed by atoms with van der Waals surface area (Å²) in [6, 6.07) is 14.2. The molecule has 0 fully saturated rings. The Bertz CT molecular complexity index is 1260. The smallest absolute Gasteiger partial charge is 0.226 e. The topological polar surface area (TPSA) is 69.0 Å². The Balaban J connectivity index is 1.41. The highest BCUT2D eigenvalue weighted by atomic mass is 32.1. The molecule has 2 aromatic carbocycles. The lowest BCUT2D eigenvalue weighted by Gasteiger charge is -2.05. The molecular weight excluding hydrogens is 439 g/mol. The van der Waals surface area contributed by atoms with Crippen molar-refractivity contribution >= 4 is 17.2 Å². The monoisotopic (exact) mass is 464 g/mol. The largest absolute Gasteiger partial charge is 0.497 e. The molecule has 33 heavy (non-hydrogen) atoms. The zero-order chi connectivity index (χ0) is 23.4. The first-order chi connectivity index (χ1) is 15.9. The van der Waals surface area contributed by atoms with E-state index in [1.165, 1.54) is 17.4 Å². The average molecular weight is 465 g/mol. The van der Waals surface area contributed by atoms with Crippen LogP contribution in [0.15, 0.2) is 53.9 Å². The molecule has 2 heterocycles. The summed E-state index contributed by atoms with van der Waals surface area (Å²) < 4.78 is 20.5. The fourth-order valence-corrected chi connectivity index (χ4v) is 4.44. The Morgan fingerprint density at radius 3 is 2.67 bits per heavy atom. The van der Waals surface area contributed by atoms with Gasteiger partial charge in [0.15, 0.2) is 0 Å². The van der Waals surface area contributed by atoms with Crippen LogP contribution in [0.25, 0.3) is 5.13 Å². The molecule has 0 saturated carbocycles. The van der Waals surface area contributed by atoms with Crippen LogP contribution in [-0.4, -0.2) is 27.8 Å². The Labute approximate surface area is 196 Å². The highest BCUT2D eigenvalue weighted by Gasteiger charge is 2.16. The highest BCUT2D eigenvalue weighted by Crippen LogP contribution is 2.23. The van der Waals surface area contributed by atoms with Crippen molar-refractivity contribution < 1.29 is 13.9 Å². The maximum Gasteiger partial charge on any atom is 0.226 e. The van der Waals surface area contributed by atoms with Gasteiger partial charge in [0.1, 0.15) is 11.6 Å². The van der Waals surface area contributed by atoms with E-state index in [9.17, 15) is 9.18 Å². The van der Waals surface area contributed by atoms with Crippen LogP contribution in [0.2, 0.25) is 0 Å². The number of ether oxygens (including phenoxy) is 1. The van der Waals surface area contributed by atoms with Gasteiger partial charge in [0, 0.05) is 29.6 Å². The number of carbonyl (C=O) groups is 1. The lowest BCUT2D eigenvalue weighted by molar-refractivity contribution is -0.120. The van der Waals surface area contributed by atoms with Gasteiger partial charge < -0.3 is 10.1 Å². The third-order valence-electron chi connectivity index (χ3n) is 5.42. The molecule has 2 aromatic heterocycles. The van der Waals surface area contributed by atoms with Crippen LogP contribution in [-0.2, 0) is 24.2 Å². The van der Waals surface area contributed by atoms with Crippen molar-refractivity contribution in [1.29, 1.82) is 0 Å². The van der Waals surface area contributed by atoms with Crippen LogP contribution in [0.4, 0.5) is 4.39 Å². The summed E-state index contributed by atoms with van der Waals surface area (Å²) in [5.74, 6) is 0.441. The maximum absolute atomic E-state index is 13.6. The fourth-order valence-electron chi connectivity index (χ4n) is 3.61. The van der Waals surface area contributed by atoms with Crippen LogP contribution < -0.4 is 10.1 Å². The summed E-state index contributed by atoms with van der Waals surface area (Å²) in [5, 5.41) is 10.2. The quantitative estimate of drug-likeness (QED) is 0.416. The van der Waals surface area contributed by atoms with Crippen LogP contribution in [0, 0.1) is 19.7 Å². The molecule has 0 atom stereocenters. The van der Waals surface area contributed by atoms with E-state index in [4.69, 9.17) is 4.74 Å². The summed E-state index contributed by atoms with van der Waals surface area (Å²) in [6.07, 6.45) is 0.795. The number of nitrogens with zero attached hydrogens (tertiary/aromatic N) is 3. The molecule has 1 N–H and O–H groups in total. The number of methoxy groups -OCH3 is 1. The summed E-state index contributed by atoms with van der Waals surface area (Å²) in [4.78, 5) is 17.0. The van der Waals surface area contributed by atoms with Gasteiger partial charge in [-0.25, -0.2) is 14.1 Å². The summed E-state index contributed by atoms with van der Waals surface area (Å²) >= 11 is 1.44. The van der Waals surface area contributed by atoms with Crippen LogP contribution in [0.1, 0.15) is 33.8 Å². The zero-order valence-corrected chi connectivity index (χ0v) is 19.6. The Morgan fingerprint density at radius 2 is 1.94 bits per heavy atom. The number of aryl methyl sites for hydroxylation is 1. The predicted molar refractivity (Wildman–Crippen MR) is 126 cm³/mol. The van der Waals surface area contributed by atoms with Gasteiger partial charge in [0.05, 0.1) is 24.9 Å². The standard InChI is InChI=1S/C25H25FN4O2S/c1-16-23(12-19-5-4-6-20(26)11-19)17(2)30(29-16)25-28-21(15-33-25)13-24(31)27-14-18-7-9-22(32-3)10-8-18/h4-11,15H,12-14H2,1-3H3,(H,27,31). The Hall–Kier alpha value is -3.52. The van der Waals surface area contributed by atoms with Gasteiger partial charge in [-0.05, 0) is 49.2 Å². The van der Waals surface area contributed by atoms with E-state index in [-0.39, 0.29) is 18.1 Å². The van der Waals surface area contributed by atoms with Crippen molar-refractivity contribution in [1.82, 2.24) is 20.1 Å². The van der Waals surface area contributed by atoms with Gasteiger partial charge >= 0.3 is 0 Å². The number of aromatic nitrogens is 3. The van der Waals surface area contributed by atoms with Crippen molar-refractivity contribution in [2.75, 3.05) is 7.11 Å². The fraction of sp³-hybridized carbons (Fsp3) is 0.240. The molecule has 0 aliphatic carbocycles. The molecule has 0 aliphatic heterocycles. The number of benzene rings is 2. The predicted octanol–water partition coefficient (Wildman–Crippen LogP) is 4.54. The summed E-state index contributed by atoms with van der Waals surface area (Å²) in [5.41, 5.74) is 5.48. The molecule has 0 spiro atoms. The van der Waals surface area contributed by atoms with Gasteiger partial charge in [-0.3, -0.25) is 4.79 Å². The van der Waals surface area contributed by atoms with Gasteiger partial charge in [-0.15, -0.1) is 11.3 Å². The van der Waals surface area contributed by atoms with Crippen LogP contribution >= 0.6 is 11.3 Å². The van der Waals surface area contributed by atoms with E-state index in [1.54, 1.807) is 23.9 Å². The molecule has 6 nitrogen and oxygen atoms in total. The third kappa shape index (κ3) is 5.46. The molecule has 0 aliphatic rings. The van der Waals surface area contributed by atoms with Crippen LogP contribution in [0.3, 0.4) is 0 Å². The molecule has 8 heteroatoms. The Kier molecular flexibility index (Phi) is 6.84. The number of carbonyl (C=O) groups excluding carboxylic acids is 1. The highest BCUT2D eigenvalue weighted by molar-refractivity contribution is 7.12. The SMILES string of the molecule is COc1ccc(CNC(=O)Cc2csc(-n3nc(C)c(Cc4cccc(F)c4)c3C)n2)cc1. The molecule has 170 valence electrons. The van der Waals surface area contributed by atoms with Gasteiger partial charge in [0.25, 0.3) is 0 Å². The second-order valence-electron chi connectivity index (χ2n) is 7.79. The van der Waals surface area contributed by atoms with Gasteiger partial charge in [-0.1, -0.05) is 24.3 Å². The van der Waals surface area contributed by atoms with Crippen molar-refractivity contribution in [3.8, 4) is 10.9 Å². The first-order valence-corrected chi connectivity index (χ1v) is 11.4.